The number of anilines is 2. The second-order valence-electron chi connectivity index (χ2n) is 8.41. The summed E-state index contributed by atoms with van der Waals surface area (Å²) < 4.78 is 21.4. The molecular formula is C23H26ClN5O7. The van der Waals surface area contributed by atoms with Gasteiger partial charge in [0.05, 0.1) is 47.3 Å². The number of methoxy groups -OCH3 is 2. The van der Waals surface area contributed by atoms with Gasteiger partial charge in [-0.15, -0.1) is 0 Å². The van der Waals surface area contributed by atoms with Crippen molar-refractivity contribution in [3.8, 4) is 17.2 Å². The van der Waals surface area contributed by atoms with Crippen molar-refractivity contribution in [3.63, 3.8) is 0 Å². The fraction of sp³-hybridized carbons (Fsp3) is 0.348. The average molecular weight is 520 g/mol. The first kappa shape index (κ1) is 26.5. The van der Waals surface area contributed by atoms with Crippen LogP contribution in [0.4, 0.5) is 22.0 Å². The van der Waals surface area contributed by atoms with Crippen LogP contribution in [0, 0.1) is 10.1 Å². The Kier molecular flexibility index (Phi) is 8.20. The zero-order valence-corrected chi connectivity index (χ0v) is 21.1. The molecule has 0 saturated carbocycles. The number of carbonyl (C=O) groups is 1. The number of nitro benzene ring substituents is 1. The van der Waals surface area contributed by atoms with E-state index < -0.39 is 16.6 Å². The second-order valence-corrected chi connectivity index (χ2v) is 8.81. The van der Waals surface area contributed by atoms with Crippen molar-refractivity contribution < 1.29 is 28.7 Å². The van der Waals surface area contributed by atoms with Crippen molar-refractivity contribution in [1.82, 2.24) is 15.3 Å². The normalized spacial score (nSPS) is 11.1. The Labute approximate surface area is 212 Å². The van der Waals surface area contributed by atoms with E-state index in [9.17, 15) is 14.9 Å². The summed E-state index contributed by atoms with van der Waals surface area (Å²) in [7, 11) is 2.96. The zero-order valence-electron chi connectivity index (χ0n) is 20.4. The van der Waals surface area contributed by atoms with Gasteiger partial charge in [0.25, 0.3) is 0 Å². The molecule has 0 atom stereocenters. The van der Waals surface area contributed by atoms with Crippen LogP contribution in [0.3, 0.4) is 0 Å². The lowest BCUT2D eigenvalue weighted by Crippen LogP contribution is -2.34. The molecule has 0 bridgehead atoms. The van der Waals surface area contributed by atoms with E-state index in [1.807, 2.05) is 0 Å². The predicted octanol–water partition coefficient (Wildman–Crippen LogP) is 4.86. The highest BCUT2D eigenvalue weighted by molar-refractivity contribution is 6.32. The molecule has 0 aliphatic heterocycles. The summed E-state index contributed by atoms with van der Waals surface area (Å²) in [6.07, 6.45) is 0.695. The molecule has 0 saturated heterocycles. The molecule has 1 heterocycles. The van der Waals surface area contributed by atoms with E-state index in [-0.39, 0.29) is 24.6 Å². The highest BCUT2D eigenvalue weighted by Gasteiger charge is 2.21. The predicted molar refractivity (Wildman–Crippen MR) is 134 cm³/mol. The number of fused-ring (bicyclic) bond motifs is 1. The molecule has 36 heavy (non-hydrogen) atoms. The fourth-order valence-corrected chi connectivity index (χ4v) is 3.38. The fourth-order valence-electron chi connectivity index (χ4n) is 3.14. The number of alkyl carbamates (subject to hydrolysis) is 1. The maximum Gasteiger partial charge on any atom is 0.407 e. The van der Waals surface area contributed by atoms with Crippen molar-refractivity contribution in [1.29, 1.82) is 0 Å². The minimum Gasteiger partial charge on any atom is -0.495 e. The van der Waals surface area contributed by atoms with Crippen LogP contribution >= 0.6 is 11.6 Å². The van der Waals surface area contributed by atoms with E-state index >= 15 is 0 Å². The van der Waals surface area contributed by atoms with Crippen LogP contribution in [0.5, 0.6) is 17.2 Å². The van der Waals surface area contributed by atoms with Gasteiger partial charge in [-0.1, -0.05) is 11.6 Å². The highest BCUT2D eigenvalue weighted by atomic mass is 35.5. The molecule has 12 nitrogen and oxygen atoms in total. The Balaban J connectivity index is 1.86. The Bertz CT molecular complexity index is 1280. The molecule has 0 unspecified atom stereocenters. The second kappa shape index (κ2) is 11.1. The van der Waals surface area contributed by atoms with Crippen molar-refractivity contribution in [2.75, 3.05) is 32.7 Å². The van der Waals surface area contributed by atoms with Gasteiger partial charge in [-0.25, -0.2) is 14.8 Å². The van der Waals surface area contributed by atoms with Crippen molar-refractivity contribution in [2.45, 2.75) is 26.4 Å². The number of ether oxygens (including phenoxy) is 4. The molecule has 192 valence electrons. The molecule has 1 aromatic heterocycles. The van der Waals surface area contributed by atoms with E-state index in [1.54, 1.807) is 32.9 Å². The smallest absolute Gasteiger partial charge is 0.407 e. The van der Waals surface area contributed by atoms with E-state index in [0.717, 1.165) is 0 Å². The zero-order chi connectivity index (χ0) is 26.5. The topological polar surface area (TPSA) is 147 Å². The van der Waals surface area contributed by atoms with E-state index in [1.165, 1.54) is 32.7 Å². The van der Waals surface area contributed by atoms with E-state index in [0.29, 0.717) is 38.9 Å². The molecule has 0 radical (unpaired) electrons. The lowest BCUT2D eigenvalue weighted by atomic mass is 10.2. The molecule has 2 aromatic carbocycles. The van der Waals surface area contributed by atoms with Gasteiger partial charge >= 0.3 is 11.8 Å². The van der Waals surface area contributed by atoms with E-state index in [4.69, 9.17) is 30.5 Å². The third-order valence-electron chi connectivity index (χ3n) is 4.67. The Morgan fingerprint density at radius 1 is 1.08 bits per heavy atom. The first-order valence-electron chi connectivity index (χ1n) is 10.7. The van der Waals surface area contributed by atoms with Crippen LogP contribution in [0.2, 0.25) is 5.02 Å². The number of halogens is 1. The summed E-state index contributed by atoms with van der Waals surface area (Å²) in [5.74, 6) is 1.11. The van der Waals surface area contributed by atoms with Gasteiger partial charge in [-0.2, -0.15) is 0 Å². The number of aromatic nitrogens is 2. The third-order valence-corrected chi connectivity index (χ3v) is 4.96. The van der Waals surface area contributed by atoms with Crippen molar-refractivity contribution in [3.05, 3.63) is 45.7 Å². The minimum absolute atomic E-state index is 0.00567. The number of hydrogen-bond donors (Lipinski definition) is 2. The van der Waals surface area contributed by atoms with Crippen molar-refractivity contribution >= 4 is 45.8 Å². The number of nitro groups is 1. The van der Waals surface area contributed by atoms with Crippen LogP contribution in [0.15, 0.2) is 30.6 Å². The number of rotatable bonds is 9. The van der Waals surface area contributed by atoms with Crippen molar-refractivity contribution in [2.24, 2.45) is 0 Å². The van der Waals surface area contributed by atoms with Crippen LogP contribution in [0.25, 0.3) is 10.9 Å². The monoisotopic (exact) mass is 519 g/mol. The molecule has 0 fully saturated rings. The van der Waals surface area contributed by atoms with Crippen LogP contribution in [0.1, 0.15) is 20.8 Å². The minimum atomic E-state index is -0.644. The van der Waals surface area contributed by atoms with Gasteiger partial charge in [0.2, 0.25) is 0 Å². The lowest BCUT2D eigenvalue weighted by Gasteiger charge is -2.19. The summed E-state index contributed by atoms with van der Waals surface area (Å²) in [5, 5.41) is 18.1. The Morgan fingerprint density at radius 2 is 1.81 bits per heavy atom. The number of amides is 1. The number of hydrogen-bond acceptors (Lipinski definition) is 10. The molecule has 0 aliphatic carbocycles. The van der Waals surface area contributed by atoms with E-state index in [2.05, 4.69) is 20.6 Å². The summed E-state index contributed by atoms with van der Waals surface area (Å²) in [6, 6.07) is 5.95. The molecule has 2 N–H and O–H groups in total. The molecular weight excluding hydrogens is 494 g/mol. The molecule has 13 heteroatoms. The molecule has 3 rings (SSSR count). The SMILES string of the molecule is COc1cc(Nc2ncnc3cc(OCCNC(=O)OC(C)(C)C)c([N+](=O)[O-])cc23)c(OC)cc1Cl. The van der Waals surface area contributed by atoms with Crippen LogP contribution in [-0.2, 0) is 4.74 Å². The number of nitrogens with zero attached hydrogens (tertiary/aromatic N) is 3. The van der Waals surface area contributed by atoms with Gasteiger partial charge in [0.1, 0.15) is 35.9 Å². The van der Waals surface area contributed by atoms with Crippen LogP contribution in [-0.4, -0.2) is 54.0 Å². The Morgan fingerprint density at radius 3 is 2.44 bits per heavy atom. The first-order valence-corrected chi connectivity index (χ1v) is 11.1. The highest BCUT2D eigenvalue weighted by Crippen LogP contribution is 2.39. The number of benzene rings is 2. The third kappa shape index (κ3) is 6.54. The summed E-state index contributed by atoms with van der Waals surface area (Å²) in [4.78, 5) is 31.4. The first-order chi connectivity index (χ1) is 17.0. The molecule has 1 amide bonds. The molecule has 0 aliphatic rings. The maximum atomic E-state index is 11.8. The lowest BCUT2D eigenvalue weighted by molar-refractivity contribution is -0.385. The largest absolute Gasteiger partial charge is 0.495 e. The van der Waals surface area contributed by atoms with Gasteiger partial charge in [-0.3, -0.25) is 10.1 Å². The molecule has 0 spiro atoms. The van der Waals surface area contributed by atoms with Gasteiger partial charge in [-0.05, 0) is 20.8 Å². The maximum absolute atomic E-state index is 11.8. The average Bonchev–Trinajstić information content (AvgIpc) is 2.81. The van der Waals surface area contributed by atoms with Crippen LogP contribution < -0.4 is 24.8 Å². The summed E-state index contributed by atoms with van der Waals surface area (Å²) in [6.45, 7) is 5.28. The Hall–Kier alpha value is -4.06. The van der Waals surface area contributed by atoms with Gasteiger partial charge in [0.15, 0.2) is 5.75 Å². The quantitative estimate of drug-likeness (QED) is 0.228. The van der Waals surface area contributed by atoms with Gasteiger partial charge < -0.3 is 29.6 Å². The summed E-state index contributed by atoms with van der Waals surface area (Å²) >= 11 is 6.17. The molecule has 3 aromatic rings. The van der Waals surface area contributed by atoms with Gasteiger partial charge in [0, 0.05) is 24.3 Å². The number of nitrogens with one attached hydrogen (secondary N) is 2. The summed E-state index contributed by atoms with van der Waals surface area (Å²) in [5.41, 5.74) is -0.0596. The standard InChI is InChI=1S/C23H26ClN5O7/c1-23(2,3)36-22(30)25-6-7-35-20-10-15-13(8-17(20)29(31)32)21(27-12-26-15)28-16-11-18(33-4)14(24)9-19(16)34-5/h8-12H,6-7H2,1-5H3,(H,25,30)(H,26,27,28). The number of carbonyl (C=O) groups excluding carboxylic acids is 1.